The number of methoxy groups -OCH3 is 1. The van der Waals surface area contributed by atoms with Gasteiger partial charge in [0.1, 0.15) is 11.2 Å². The molecule has 0 amide bonds. The Morgan fingerprint density at radius 2 is 2.24 bits per heavy atom. The number of nitriles is 1. The number of hydrogen-bond donors (Lipinski definition) is 0. The van der Waals surface area contributed by atoms with Gasteiger partial charge in [0.15, 0.2) is 0 Å². The van der Waals surface area contributed by atoms with Crippen LogP contribution in [0.2, 0.25) is 5.02 Å². The third-order valence-electron chi connectivity index (χ3n) is 2.76. The molecule has 0 bridgehead atoms. The van der Waals surface area contributed by atoms with Gasteiger partial charge in [-0.15, -0.1) is 0 Å². The number of nitrogens with zero attached hydrogens (tertiary/aromatic N) is 1. The number of rotatable bonds is 5. The van der Waals surface area contributed by atoms with Gasteiger partial charge in [-0.05, 0) is 54.3 Å². The molecule has 1 rings (SSSR count). The standard InChI is InChI=1S/C13H16ClNOS/c1-9(4-5-17-8-15)11-7-12(14)10(2)6-13(11)16-3/h6-7,9H,4-5H2,1-3H3. The Hall–Kier alpha value is -0.850. The van der Waals surface area contributed by atoms with Gasteiger partial charge in [-0.3, -0.25) is 0 Å². The van der Waals surface area contributed by atoms with Crippen LogP contribution in [0.25, 0.3) is 0 Å². The lowest BCUT2D eigenvalue weighted by Crippen LogP contribution is -2.00. The maximum Gasteiger partial charge on any atom is 0.133 e. The minimum Gasteiger partial charge on any atom is -0.496 e. The van der Waals surface area contributed by atoms with Crippen LogP contribution in [0.3, 0.4) is 0 Å². The molecule has 1 aromatic carbocycles. The van der Waals surface area contributed by atoms with Crippen molar-refractivity contribution in [2.75, 3.05) is 12.9 Å². The summed E-state index contributed by atoms with van der Waals surface area (Å²) >= 11 is 7.42. The molecule has 1 unspecified atom stereocenters. The lowest BCUT2D eigenvalue weighted by Gasteiger charge is -2.16. The number of thiocyanates is 1. The normalized spacial score (nSPS) is 11.9. The van der Waals surface area contributed by atoms with Crippen molar-refractivity contribution in [1.29, 1.82) is 5.26 Å². The van der Waals surface area contributed by atoms with E-state index in [1.165, 1.54) is 11.8 Å². The highest BCUT2D eigenvalue weighted by Gasteiger charge is 2.13. The summed E-state index contributed by atoms with van der Waals surface area (Å²) in [6.07, 6.45) is 0.938. The fourth-order valence-corrected chi connectivity index (χ4v) is 2.40. The molecule has 0 aromatic heterocycles. The Balaban J connectivity index is 2.88. The Bertz CT molecular complexity index is 428. The van der Waals surface area contributed by atoms with Gasteiger partial charge >= 0.3 is 0 Å². The molecule has 0 aliphatic carbocycles. The number of ether oxygens (including phenoxy) is 1. The second kappa shape index (κ2) is 6.78. The van der Waals surface area contributed by atoms with Crippen LogP contribution in [0, 0.1) is 17.6 Å². The number of hydrogen-bond acceptors (Lipinski definition) is 3. The zero-order chi connectivity index (χ0) is 12.8. The predicted octanol–water partition coefficient (Wildman–Crippen LogP) is 4.36. The Morgan fingerprint density at radius 1 is 1.53 bits per heavy atom. The first-order valence-corrected chi connectivity index (χ1v) is 6.81. The molecule has 0 fully saturated rings. The molecule has 0 aliphatic rings. The van der Waals surface area contributed by atoms with E-state index >= 15 is 0 Å². The lowest BCUT2D eigenvalue weighted by atomic mass is 9.96. The van der Waals surface area contributed by atoms with E-state index in [0.717, 1.165) is 34.1 Å². The van der Waals surface area contributed by atoms with E-state index in [-0.39, 0.29) is 0 Å². The largest absolute Gasteiger partial charge is 0.496 e. The second-order valence-electron chi connectivity index (χ2n) is 3.97. The molecule has 0 heterocycles. The fraction of sp³-hybridized carbons (Fsp3) is 0.462. The molecule has 0 spiro atoms. The maximum atomic E-state index is 8.50. The Morgan fingerprint density at radius 3 is 2.82 bits per heavy atom. The number of halogens is 1. The molecule has 0 saturated heterocycles. The molecule has 4 heteroatoms. The molecular formula is C13H16ClNOS. The van der Waals surface area contributed by atoms with Crippen molar-refractivity contribution in [2.45, 2.75) is 26.2 Å². The minimum absolute atomic E-state index is 0.337. The zero-order valence-corrected chi connectivity index (χ0v) is 11.9. The van der Waals surface area contributed by atoms with Crippen LogP contribution in [0.1, 0.15) is 30.4 Å². The summed E-state index contributed by atoms with van der Waals surface area (Å²) in [6, 6.07) is 3.93. The van der Waals surface area contributed by atoms with Crippen molar-refractivity contribution in [3.05, 3.63) is 28.3 Å². The molecule has 1 atom stereocenters. The van der Waals surface area contributed by atoms with Gasteiger partial charge in [-0.25, -0.2) is 0 Å². The Kier molecular flexibility index (Phi) is 5.67. The summed E-state index contributed by atoms with van der Waals surface area (Å²) in [5.74, 6) is 2.04. The average Bonchev–Trinajstić information content (AvgIpc) is 2.32. The second-order valence-corrected chi connectivity index (χ2v) is 5.26. The van der Waals surface area contributed by atoms with Crippen LogP contribution in [0.4, 0.5) is 0 Å². The van der Waals surface area contributed by atoms with Crippen molar-refractivity contribution in [3.8, 4) is 11.2 Å². The van der Waals surface area contributed by atoms with Crippen molar-refractivity contribution in [1.82, 2.24) is 0 Å². The maximum absolute atomic E-state index is 8.50. The van der Waals surface area contributed by atoms with Gasteiger partial charge in [0, 0.05) is 10.8 Å². The minimum atomic E-state index is 0.337. The lowest BCUT2D eigenvalue weighted by molar-refractivity contribution is 0.405. The van der Waals surface area contributed by atoms with E-state index in [1.807, 2.05) is 19.1 Å². The van der Waals surface area contributed by atoms with E-state index in [9.17, 15) is 0 Å². The van der Waals surface area contributed by atoms with E-state index in [0.29, 0.717) is 5.92 Å². The summed E-state index contributed by atoms with van der Waals surface area (Å²) < 4.78 is 5.38. The molecule has 1 aromatic rings. The summed E-state index contributed by atoms with van der Waals surface area (Å²) in [5, 5.41) is 11.3. The Labute approximate surface area is 112 Å². The van der Waals surface area contributed by atoms with Crippen LogP contribution < -0.4 is 4.74 Å². The highest BCUT2D eigenvalue weighted by Crippen LogP contribution is 2.33. The summed E-state index contributed by atoms with van der Waals surface area (Å²) in [6.45, 7) is 4.09. The summed E-state index contributed by atoms with van der Waals surface area (Å²) in [4.78, 5) is 0. The molecule has 0 N–H and O–H groups in total. The van der Waals surface area contributed by atoms with Gasteiger partial charge in [0.2, 0.25) is 0 Å². The third-order valence-corrected chi connectivity index (χ3v) is 3.74. The van der Waals surface area contributed by atoms with Crippen LogP contribution >= 0.6 is 23.4 Å². The summed E-state index contributed by atoms with van der Waals surface area (Å²) in [7, 11) is 1.67. The van der Waals surface area contributed by atoms with Crippen LogP contribution in [-0.2, 0) is 0 Å². The van der Waals surface area contributed by atoms with Crippen LogP contribution in [-0.4, -0.2) is 12.9 Å². The van der Waals surface area contributed by atoms with Crippen molar-refractivity contribution >= 4 is 23.4 Å². The van der Waals surface area contributed by atoms with Gasteiger partial charge < -0.3 is 4.74 Å². The van der Waals surface area contributed by atoms with E-state index < -0.39 is 0 Å². The quantitative estimate of drug-likeness (QED) is 0.588. The molecule has 0 saturated carbocycles. The van der Waals surface area contributed by atoms with E-state index in [2.05, 4.69) is 12.3 Å². The van der Waals surface area contributed by atoms with Crippen molar-refractivity contribution < 1.29 is 4.74 Å². The number of aryl methyl sites for hydroxylation is 1. The highest BCUT2D eigenvalue weighted by atomic mass is 35.5. The number of thioether (sulfide) groups is 1. The van der Waals surface area contributed by atoms with Gasteiger partial charge in [-0.1, -0.05) is 18.5 Å². The summed E-state index contributed by atoms with van der Waals surface area (Å²) in [5.41, 5.74) is 2.13. The monoisotopic (exact) mass is 269 g/mol. The molecule has 2 nitrogen and oxygen atoms in total. The first-order chi connectivity index (χ1) is 8.10. The molecular weight excluding hydrogens is 254 g/mol. The first-order valence-electron chi connectivity index (χ1n) is 5.45. The SMILES string of the molecule is COc1cc(C)c(Cl)cc1C(C)CCSC#N. The van der Waals surface area contributed by atoms with Gasteiger partial charge in [0.05, 0.1) is 7.11 Å². The van der Waals surface area contributed by atoms with E-state index in [1.54, 1.807) is 7.11 Å². The van der Waals surface area contributed by atoms with Crippen molar-refractivity contribution in [3.63, 3.8) is 0 Å². The van der Waals surface area contributed by atoms with E-state index in [4.69, 9.17) is 21.6 Å². The molecule has 92 valence electrons. The van der Waals surface area contributed by atoms with Crippen LogP contribution in [0.5, 0.6) is 5.75 Å². The third kappa shape index (κ3) is 3.83. The molecule has 17 heavy (non-hydrogen) atoms. The fourth-order valence-electron chi connectivity index (χ4n) is 1.67. The van der Waals surface area contributed by atoms with Crippen LogP contribution in [0.15, 0.2) is 12.1 Å². The predicted molar refractivity (Wildman–Crippen MR) is 73.8 cm³/mol. The average molecular weight is 270 g/mol. The van der Waals surface area contributed by atoms with Gasteiger partial charge in [0.25, 0.3) is 0 Å². The van der Waals surface area contributed by atoms with Crippen molar-refractivity contribution in [2.24, 2.45) is 0 Å². The molecule has 0 aliphatic heterocycles. The smallest absolute Gasteiger partial charge is 0.133 e. The zero-order valence-electron chi connectivity index (χ0n) is 10.3. The van der Waals surface area contributed by atoms with Gasteiger partial charge in [-0.2, -0.15) is 5.26 Å². The first kappa shape index (κ1) is 14.2. The molecule has 0 radical (unpaired) electrons. The topological polar surface area (TPSA) is 33.0 Å². The number of benzene rings is 1. The highest BCUT2D eigenvalue weighted by molar-refractivity contribution is 8.03.